The van der Waals surface area contributed by atoms with Gasteiger partial charge in [-0.05, 0) is 139 Å². The predicted molar refractivity (Wildman–Crippen MR) is 146 cm³/mol. The van der Waals surface area contributed by atoms with Gasteiger partial charge in [0.2, 0.25) is 0 Å². The molecule has 0 aromatic carbocycles. The lowest BCUT2D eigenvalue weighted by molar-refractivity contribution is -0.111. The van der Waals surface area contributed by atoms with Crippen LogP contribution in [0.4, 0.5) is 0 Å². The molecule has 0 spiro atoms. The third kappa shape index (κ3) is 4.42. The first-order valence-corrected chi connectivity index (χ1v) is 16.0. The van der Waals surface area contributed by atoms with Crippen LogP contribution in [0, 0.1) is 29.1 Å². The number of rotatable bonds is 3. The number of nitrogens with zero attached hydrogens (tertiary/aromatic N) is 2. The lowest BCUT2D eigenvalue weighted by Gasteiger charge is -2.60. The van der Waals surface area contributed by atoms with Crippen molar-refractivity contribution in [3.8, 4) is 0 Å². The van der Waals surface area contributed by atoms with E-state index in [1.807, 2.05) is 6.20 Å². The summed E-state index contributed by atoms with van der Waals surface area (Å²) < 4.78 is 14.8. The van der Waals surface area contributed by atoms with E-state index in [2.05, 4.69) is 75.8 Å². The first-order valence-electron chi connectivity index (χ1n) is 14.3. The van der Waals surface area contributed by atoms with Crippen LogP contribution in [0.5, 0.6) is 0 Å². The Balaban J connectivity index is 1.55. The zero-order chi connectivity index (χ0) is 26.3. The molecule has 4 aliphatic carbocycles. The van der Waals surface area contributed by atoms with Gasteiger partial charge in [0, 0.05) is 11.1 Å². The van der Waals surface area contributed by atoms with Crippen molar-refractivity contribution in [3.05, 3.63) is 17.3 Å². The van der Waals surface area contributed by atoms with Crippen molar-refractivity contribution < 1.29 is 9.67 Å². The minimum atomic E-state index is -3.24. The van der Waals surface area contributed by atoms with Crippen LogP contribution in [0.25, 0.3) is 0 Å². The predicted octanol–water partition coefficient (Wildman–Crippen LogP) is 5.49. The maximum atomic E-state index is 14.8. The number of fused-ring (bicyclic) bond motifs is 7. The Morgan fingerprint density at radius 2 is 1.64 bits per heavy atom. The monoisotopic (exact) mass is 516 g/mol. The number of hydrogen-bond donors (Lipinski definition) is 3. The number of aromatic nitrogens is 2. The molecule has 3 N–H and O–H groups in total. The van der Waals surface area contributed by atoms with E-state index in [1.54, 1.807) is 0 Å². The highest BCUT2D eigenvalue weighted by Gasteiger charge is 2.60. The van der Waals surface area contributed by atoms with Gasteiger partial charge in [-0.1, -0.05) is 13.8 Å². The molecule has 1 aromatic rings. The lowest BCUT2D eigenvalue weighted by Crippen LogP contribution is -2.55. The molecular formula is C29H49N4O2P. The molecule has 1 aromatic heterocycles. The average molecular weight is 517 g/mol. The third-order valence-electron chi connectivity index (χ3n) is 10.2. The van der Waals surface area contributed by atoms with Crippen molar-refractivity contribution in [1.82, 2.24) is 20.4 Å². The van der Waals surface area contributed by atoms with Gasteiger partial charge in [-0.15, -0.1) is 5.10 Å². The Hall–Kier alpha value is -0.810. The van der Waals surface area contributed by atoms with E-state index < -0.39 is 7.44 Å². The highest BCUT2D eigenvalue weighted by atomic mass is 31.2. The van der Waals surface area contributed by atoms with Gasteiger partial charge in [-0.25, -0.2) is 10.2 Å². The summed E-state index contributed by atoms with van der Waals surface area (Å²) in [7, 11) is -3.24. The molecule has 5 rings (SSSR count). The molecule has 36 heavy (non-hydrogen) atoms. The molecule has 7 atom stereocenters. The Morgan fingerprint density at radius 1 is 0.972 bits per heavy atom. The summed E-state index contributed by atoms with van der Waals surface area (Å²) >= 11 is 0. The summed E-state index contributed by atoms with van der Waals surface area (Å²) in [6.07, 6.45) is 10.8. The second kappa shape index (κ2) is 8.60. The van der Waals surface area contributed by atoms with Crippen LogP contribution < -0.4 is 15.6 Å². The fourth-order valence-corrected chi connectivity index (χ4v) is 12.0. The molecule has 0 aliphatic heterocycles. The molecule has 6 nitrogen and oxygen atoms in total. The van der Waals surface area contributed by atoms with Crippen molar-refractivity contribution in [1.29, 1.82) is 0 Å². The van der Waals surface area contributed by atoms with Gasteiger partial charge in [0.15, 0.2) is 5.44 Å². The molecule has 3 fully saturated rings. The molecule has 7 heteroatoms. The fraction of sp³-hybridized carbons (Fsp3) is 0.862. The van der Waals surface area contributed by atoms with Crippen LogP contribution in [0.2, 0.25) is 0 Å². The topological polar surface area (TPSA) is 87.1 Å². The van der Waals surface area contributed by atoms with Crippen molar-refractivity contribution in [2.75, 3.05) is 0 Å². The summed E-state index contributed by atoms with van der Waals surface area (Å²) in [5.41, 5.74) is 2.76. The van der Waals surface area contributed by atoms with Crippen LogP contribution >= 0.6 is 7.44 Å². The zero-order valence-corrected chi connectivity index (χ0v) is 24.7. The summed E-state index contributed by atoms with van der Waals surface area (Å²) in [5.74, 6) is 2.58. The summed E-state index contributed by atoms with van der Waals surface area (Å²) in [4.78, 5) is 0. The first-order chi connectivity index (χ1) is 16.6. The summed E-state index contributed by atoms with van der Waals surface area (Å²) in [5, 5.41) is 26.4. The number of aliphatic hydroxyl groups excluding tert-OH is 1. The Bertz CT molecular complexity index is 1040. The van der Waals surface area contributed by atoms with Gasteiger partial charge < -0.3 is 5.11 Å². The average Bonchev–Trinajstić information content (AvgIpc) is 3.04. The molecule has 0 radical (unpaired) electrons. The normalized spacial score (nSPS) is 38.6. The van der Waals surface area contributed by atoms with Crippen LogP contribution in [-0.4, -0.2) is 32.5 Å². The van der Waals surface area contributed by atoms with Gasteiger partial charge in [-0.3, -0.25) is 4.57 Å². The van der Waals surface area contributed by atoms with Crippen LogP contribution in [0.15, 0.2) is 6.20 Å². The van der Waals surface area contributed by atoms with E-state index in [0.29, 0.717) is 34.5 Å². The fourth-order valence-electron chi connectivity index (χ4n) is 8.97. The van der Waals surface area contributed by atoms with Crippen molar-refractivity contribution in [3.63, 3.8) is 0 Å². The summed E-state index contributed by atoms with van der Waals surface area (Å²) in [6.45, 7) is 17.4. The molecule has 0 bridgehead atoms. The second-order valence-corrected chi connectivity index (χ2v) is 17.2. The minimum Gasteiger partial charge on any atom is -0.393 e. The maximum Gasteiger partial charge on any atom is 0.261 e. The SMILES string of the molecule is CC(C)(C)NP(=O)(NC(C)(C)C)c1nncc2c1[C@@]1(C)CC[C@H]3[C@@H](CC[C@H]4C[C@@H](O)CC[C@@]43C)[C@@H]1C2. The molecule has 202 valence electrons. The third-order valence-corrected chi connectivity index (χ3v) is 13.1. The van der Waals surface area contributed by atoms with E-state index >= 15 is 0 Å². The number of hydrogen-bond acceptors (Lipinski definition) is 4. The Kier molecular flexibility index (Phi) is 6.40. The van der Waals surface area contributed by atoms with Gasteiger partial charge in [0.25, 0.3) is 7.44 Å². The molecule has 0 unspecified atom stereocenters. The van der Waals surface area contributed by atoms with Crippen molar-refractivity contribution >= 4 is 12.9 Å². The second-order valence-electron chi connectivity index (χ2n) is 15.1. The zero-order valence-electron chi connectivity index (χ0n) is 23.8. The van der Waals surface area contributed by atoms with Crippen molar-refractivity contribution in [2.24, 2.45) is 29.1 Å². The van der Waals surface area contributed by atoms with E-state index in [4.69, 9.17) is 0 Å². The van der Waals surface area contributed by atoms with Crippen molar-refractivity contribution in [2.45, 2.75) is 129 Å². The van der Waals surface area contributed by atoms with Crippen LogP contribution in [0.1, 0.15) is 111 Å². The Morgan fingerprint density at radius 3 is 2.28 bits per heavy atom. The van der Waals surface area contributed by atoms with Gasteiger partial charge in [-0.2, -0.15) is 5.10 Å². The van der Waals surface area contributed by atoms with E-state index in [1.165, 1.54) is 30.4 Å². The molecule has 4 aliphatic rings. The number of nitrogens with one attached hydrogen (secondary N) is 2. The van der Waals surface area contributed by atoms with Crippen LogP contribution in [0.3, 0.4) is 0 Å². The van der Waals surface area contributed by atoms with E-state index in [-0.39, 0.29) is 22.6 Å². The highest BCUT2D eigenvalue weighted by molar-refractivity contribution is 7.67. The smallest absolute Gasteiger partial charge is 0.261 e. The molecule has 0 amide bonds. The van der Waals surface area contributed by atoms with Crippen LogP contribution in [-0.2, 0) is 16.4 Å². The van der Waals surface area contributed by atoms with Gasteiger partial charge in [0.05, 0.1) is 12.3 Å². The highest BCUT2D eigenvalue weighted by Crippen LogP contribution is 2.66. The first kappa shape index (κ1) is 26.8. The van der Waals surface area contributed by atoms with Gasteiger partial charge in [0.1, 0.15) is 0 Å². The molecular weight excluding hydrogens is 467 g/mol. The van der Waals surface area contributed by atoms with E-state index in [0.717, 1.165) is 32.1 Å². The molecule has 3 saturated carbocycles. The maximum absolute atomic E-state index is 14.8. The molecule has 1 heterocycles. The summed E-state index contributed by atoms with van der Waals surface area (Å²) in [6, 6.07) is 0. The standard InChI is InChI=1S/C29H49N4O2P/c1-26(2,3)32-36(35,33-27(4,5)6)25-24-18(17-30-31-25)15-23-21-10-9-19-16-20(34)11-13-28(19,7)22(21)12-14-29(23,24)8/h17,19-23,34H,9-16H2,1-8H3,(H2,32,33,35)/t19-,20-,21+,22-,23-,28-,29-/m0/s1. The quantitative estimate of drug-likeness (QED) is 0.461. The largest absolute Gasteiger partial charge is 0.393 e. The Labute approximate surface area is 218 Å². The molecule has 0 saturated heterocycles. The number of aliphatic hydroxyl groups is 1. The van der Waals surface area contributed by atoms with E-state index in [9.17, 15) is 9.67 Å². The lowest BCUT2D eigenvalue weighted by atomic mass is 9.45. The van der Waals surface area contributed by atoms with Gasteiger partial charge >= 0.3 is 0 Å². The minimum absolute atomic E-state index is 0.0338.